The van der Waals surface area contributed by atoms with Crippen LogP contribution in [0.2, 0.25) is 0 Å². The highest BCUT2D eigenvalue weighted by Gasteiger charge is 2.09. The highest BCUT2D eigenvalue weighted by atomic mass is 79.9. The van der Waals surface area contributed by atoms with Crippen molar-refractivity contribution in [3.8, 4) is 11.1 Å². The lowest BCUT2D eigenvalue weighted by molar-refractivity contribution is 0.102. The molecule has 23 heavy (non-hydrogen) atoms. The molecule has 0 saturated carbocycles. The first kappa shape index (κ1) is 16.0. The van der Waals surface area contributed by atoms with Gasteiger partial charge in [0.05, 0.1) is 5.69 Å². The molecule has 3 rings (SSSR count). The Kier molecular flexibility index (Phi) is 4.94. The van der Waals surface area contributed by atoms with Crippen molar-refractivity contribution in [2.75, 3.05) is 5.32 Å². The largest absolute Gasteiger partial charge is 0.321 e. The minimum Gasteiger partial charge on any atom is -0.321 e. The van der Waals surface area contributed by atoms with Gasteiger partial charge in [-0.3, -0.25) is 4.79 Å². The van der Waals surface area contributed by atoms with Crippen LogP contribution < -0.4 is 5.32 Å². The second kappa shape index (κ2) is 7.11. The third-order valence-corrected chi connectivity index (χ3v) is 4.58. The van der Waals surface area contributed by atoms with Crippen molar-refractivity contribution in [3.63, 3.8) is 0 Å². The van der Waals surface area contributed by atoms with Gasteiger partial charge in [0, 0.05) is 14.5 Å². The van der Waals surface area contributed by atoms with Crippen LogP contribution in [0.3, 0.4) is 0 Å². The number of benzene rings is 3. The molecule has 0 saturated heterocycles. The fourth-order valence-electron chi connectivity index (χ4n) is 2.23. The quantitative estimate of drug-likeness (QED) is 0.531. The minimum atomic E-state index is -0.132. The molecule has 0 aliphatic heterocycles. The lowest BCUT2D eigenvalue weighted by atomic mass is 10.0. The third kappa shape index (κ3) is 3.89. The molecule has 0 radical (unpaired) electrons. The van der Waals surface area contributed by atoms with Crippen LogP contribution in [-0.4, -0.2) is 5.91 Å². The first-order valence-electron chi connectivity index (χ1n) is 7.05. The maximum absolute atomic E-state index is 12.4. The molecular weight excluding hydrogens is 418 g/mol. The monoisotopic (exact) mass is 429 g/mol. The Hall–Kier alpha value is -1.91. The number of amides is 1. The van der Waals surface area contributed by atoms with E-state index in [1.807, 2.05) is 72.8 Å². The first-order valence-corrected chi connectivity index (χ1v) is 8.64. The lowest BCUT2D eigenvalue weighted by Gasteiger charge is -2.08. The molecular formula is C19H13Br2NO. The summed E-state index contributed by atoms with van der Waals surface area (Å²) in [6.45, 7) is 0. The Balaban J connectivity index is 1.78. The van der Waals surface area contributed by atoms with Gasteiger partial charge in [-0.25, -0.2) is 0 Å². The van der Waals surface area contributed by atoms with Crippen molar-refractivity contribution in [2.24, 2.45) is 0 Å². The molecule has 0 unspecified atom stereocenters. The van der Waals surface area contributed by atoms with Crippen LogP contribution in [-0.2, 0) is 0 Å². The second-order valence-corrected chi connectivity index (χ2v) is 6.79. The smallest absolute Gasteiger partial charge is 0.255 e. The van der Waals surface area contributed by atoms with E-state index in [0.717, 1.165) is 25.8 Å². The van der Waals surface area contributed by atoms with E-state index in [2.05, 4.69) is 37.2 Å². The van der Waals surface area contributed by atoms with E-state index in [1.165, 1.54) is 0 Å². The summed E-state index contributed by atoms with van der Waals surface area (Å²) in [5, 5.41) is 2.91. The highest BCUT2D eigenvalue weighted by Crippen LogP contribution is 2.27. The number of hydrogen-bond donors (Lipinski definition) is 1. The molecule has 0 bridgehead atoms. The average Bonchev–Trinajstić information content (AvgIpc) is 2.58. The minimum absolute atomic E-state index is 0.132. The number of rotatable bonds is 3. The number of anilines is 1. The van der Waals surface area contributed by atoms with Crippen molar-refractivity contribution in [3.05, 3.63) is 87.3 Å². The predicted molar refractivity (Wildman–Crippen MR) is 102 cm³/mol. The molecule has 0 aliphatic rings. The Morgan fingerprint density at radius 2 is 1.43 bits per heavy atom. The molecule has 3 aromatic carbocycles. The maximum Gasteiger partial charge on any atom is 0.255 e. The number of hydrogen-bond acceptors (Lipinski definition) is 1. The summed E-state index contributed by atoms with van der Waals surface area (Å²) in [6, 6.07) is 23.3. The Morgan fingerprint density at radius 3 is 2.09 bits per heavy atom. The van der Waals surface area contributed by atoms with Gasteiger partial charge < -0.3 is 5.32 Å². The fourth-order valence-corrected chi connectivity index (χ4v) is 3.38. The van der Waals surface area contributed by atoms with Crippen LogP contribution in [0.4, 0.5) is 5.69 Å². The maximum atomic E-state index is 12.4. The SMILES string of the molecule is O=C(Nc1ccc(Br)cc1Br)c1ccc(-c2ccccc2)cc1. The van der Waals surface area contributed by atoms with E-state index in [0.29, 0.717) is 5.56 Å². The van der Waals surface area contributed by atoms with Crippen LogP contribution in [0.15, 0.2) is 81.7 Å². The molecule has 0 aliphatic carbocycles. The topological polar surface area (TPSA) is 29.1 Å². The molecule has 0 atom stereocenters. The van der Waals surface area contributed by atoms with E-state index in [4.69, 9.17) is 0 Å². The van der Waals surface area contributed by atoms with Crippen molar-refractivity contribution in [2.45, 2.75) is 0 Å². The van der Waals surface area contributed by atoms with Crippen molar-refractivity contribution in [1.82, 2.24) is 0 Å². The van der Waals surface area contributed by atoms with E-state index in [1.54, 1.807) is 0 Å². The summed E-state index contributed by atoms with van der Waals surface area (Å²) in [5.41, 5.74) is 3.59. The standard InChI is InChI=1S/C19H13Br2NO/c20-16-10-11-18(17(21)12-16)22-19(23)15-8-6-14(7-9-15)13-4-2-1-3-5-13/h1-12H,(H,22,23). The van der Waals surface area contributed by atoms with Gasteiger partial charge in [-0.15, -0.1) is 0 Å². The molecule has 2 nitrogen and oxygen atoms in total. The van der Waals surface area contributed by atoms with Gasteiger partial charge in [0.1, 0.15) is 0 Å². The Labute approximate surface area is 151 Å². The van der Waals surface area contributed by atoms with Crippen LogP contribution in [0.1, 0.15) is 10.4 Å². The summed E-state index contributed by atoms with van der Waals surface area (Å²) in [7, 11) is 0. The zero-order valence-corrected chi connectivity index (χ0v) is 15.3. The van der Waals surface area contributed by atoms with Crippen molar-refractivity contribution >= 4 is 43.5 Å². The van der Waals surface area contributed by atoms with Crippen LogP contribution in [0.5, 0.6) is 0 Å². The zero-order valence-electron chi connectivity index (χ0n) is 12.1. The lowest BCUT2D eigenvalue weighted by Crippen LogP contribution is -2.12. The van der Waals surface area contributed by atoms with E-state index in [-0.39, 0.29) is 5.91 Å². The summed E-state index contributed by atoms with van der Waals surface area (Å²) >= 11 is 6.84. The first-order chi connectivity index (χ1) is 11.1. The predicted octanol–water partition coefficient (Wildman–Crippen LogP) is 6.13. The Bertz CT molecular complexity index is 830. The summed E-state index contributed by atoms with van der Waals surface area (Å²) in [6.07, 6.45) is 0. The normalized spacial score (nSPS) is 10.3. The molecule has 0 spiro atoms. The van der Waals surface area contributed by atoms with Gasteiger partial charge in [0.25, 0.3) is 5.91 Å². The molecule has 3 aromatic rings. The Morgan fingerprint density at radius 1 is 0.783 bits per heavy atom. The number of carbonyl (C=O) groups excluding carboxylic acids is 1. The molecule has 0 fully saturated rings. The number of nitrogens with one attached hydrogen (secondary N) is 1. The van der Waals surface area contributed by atoms with E-state index >= 15 is 0 Å². The summed E-state index contributed by atoms with van der Waals surface area (Å²) < 4.78 is 1.79. The molecule has 0 heterocycles. The molecule has 114 valence electrons. The summed E-state index contributed by atoms with van der Waals surface area (Å²) in [5.74, 6) is -0.132. The third-order valence-electron chi connectivity index (χ3n) is 3.43. The van der Waals surface area contributed by atoms with Gasteiger partial charge in [-0.1, -0.05) is 58.4 Å². The van der Waals surface area contributed by atoms with Crippen LogP contribution in [0, 0.1) is 0 Å². The highest BCUT2D eigenvalue weighted by molar-refractivity contribution is 9.11. The van der Waals surface area contributed by atoms with Gasteiger partial charge >= 0.3 is 0 Å². The van der Waals surface area contributed by atoms with Crippen molar-refractivity contribution < 1.29 is 4.79 Å². The molecule has 4 heteroatoms. The van der Waals surface area contributed by atoms with Crippen LogP contribution >= 0.6 is 31.9 Å². The zero-order chi connectivity index (χ0) is 16.2. The van der Waals surface area contributed by atoms with Gasteiger partial charge in [0.15, 0.2) is 0 Å². The molecule has 1 N–H and O–H groups in total. The summed E-state index contributed by atoms with van der Waals surface area (Å²) in [4.78, 5) is 12.4. The number of halogens is 2. The fraction of sp³-hybridized carbons (Fsp3) is 0. The average molecular weight is 431 g/mol. The number of carbonyl (C=O) groups is 1. The van der Waals surface area contributed by atoms with E-state index in [9.17, 15) is 4.79 Å². The second-order valence-electron chi connectivity index (χ2n) is 5.02. The molecule has 1 amide bonds. The van der Waals surface area contributed by atoms with Gasteiger partial charge in [-0.05, 0) is 57.4 Å². The van der Waals surface area contributed by atoms with Crippen LogP contribution in [0.25, 0.3) is 11.1 Å². The van der Waals surface area contributed by atoms with Crippen molar-refractivity contribution in [1.29, 1.82) is 0 Å². The van der Waals surface area contributed by atoms with Gasteiger partial charge in [0.2, 0.25) is 0 Å². The molecule has 0 aromatic heterocycles. The van der Waals surface area contributed by atoms with E-state index < -0.39 is 0 Å². The van der Waals surface area contributed by atoms with Gasteiger partial charge in [-0.2, -0.15) is 0 Å².